The first kappa shape index (κ1) is 13.0. The van der Waals surface area contributed by atoms with Crippen molar-refractivity contribution >= 4 is 23.4 Å². The van der Waals surface area contributed by atoms with Crippen LogP contribution in [-0.2, 0) is 6.42 Å². The zero-order valence-corrected chi connectivity index (χ0v) is 11.3. The summed E-state index contributed by atoms with van der Waals surface area (Å²) in [5.41, 5.74) is 0.615. The summed E-state index contributed by atoms with van der Waals surface area (Å²) in [4.78, 5) is 26.5. The van der Waals surface area contributed by atoms with E-state index in [2.05, 4.69) is 19.9 Å². The maximum Gasteiger partial charge on any atom is 0.251 e. The minimum absolute atomic E-state index is 0.161. The van der Waals surface area contributed by atoms with E-state index in [9.17, 15) is 4.79 Å². The Morgan fingerprint density at radius 3 is 2.94 bits per heavy atom. The smallest absolute Gasteiger partial charge is 0.251 e. The van der Waals surface area contributed by atoms with Gasteiger partial charge in [-0.1, -0.05) is 24.9 Å². The normalized spacial score (nSPS) is 10.6. The number of nitrogens with one attached hydrogen (secondary N) is 1. The summed E-state index contributed by atoms with van der Waals surface area (Å²) in [5, 5.41) is 1.41. The summed E-state index contributed by atoms with van der Waals surface area (Å²) in [6.07, 6.45) is 4.74. The first-order valence-corrected chi connectivity index (χ1v) is 6.62. The van der Waals surface area contributed by atoms with Gasteiger partial charge in [-0.05, 0) is 18.2 Å². The van der Waals surface area contributed by atoms with Gasteiger partial charge >= 0.3 is 0 Å². The fourth-order valence-corrected chi connectivity index (χ4v) is 2.36. The number of aromatic nitrogens is 4. The maximum absolute atomic E-state index is 11.5. The molecule has 0 atom stereocenters. The highest BCUT2D eigenvalue weighted by Gasteiger charge is 2.05. The predicted molar refractivity (Wildman–Crippen MR) is 70.0 cm³/mol. The van der Waals surface area contributed by atoms with Gasteiger partial charge in [0.05, 0.1) is 12.4 Å². The average Bonchev–Trinajstić information content (AvgIpc) is 2.28. The molecule has 0 unspecified atom stereocenters. The van der Waals surface area contributed by atoms with E-state index >= 15 is 0 Å². The molecule has 0 aliphatic heterocycles. The van der Waals surface area contributed by atoms with Crippen LogP contribution in [0.1, 0.15) is 19.0 Å². The Bertz CT molecular complexity index is 602. The van der Waals surface area contributed by atoms with Crippen molar-refractivity contribution in [3.8, 4) is 0 Å². The van der Waals surface area contributed by atoms with Crippen LogP contribution in [0.3, 0.4) is 0 Å². The van der Waals surface area contributed by atoms with Crippen LogP contribution < -0.4 is 5.56 Å². The molecule has 0 aromatic carbocycles. The average molecular weight is 283 g/mol. The molecule has 2 aromatic heterocycles. The zero-order valence-electron chi connectivity index (χ0n) is 9.68. The van der Waals surface area contributed by atoms with E-state index in [4.69, 9.17) is 11.6 Å². The van der Waals surface area contributed by atoms with Gasteiger partial charge in [0.1, 0.15) is 10.2 Å². The Morgan fingerprint density at radius 2 is 2.22 bits per heavy atom. The molecule has 5 nitrogen and oxygen atoms in total. The quantitative estimate of drug-likeness (QED) is 0.872. The highest BCUT2D eigenvalue weighted by atomic mass is 35.5. The van der Waals surface area contributed by atoms with Gasteiger partial charge in [0.2, 0.25) is 0 Å². The molecule has 2 rings (SSSR count). The van der Waals surface area contributed by atoms with Gasteiger partial charge in [0, 0.05) is 11.8 Å². The summed E-state index contributed by atoms with van der Waals surface area (Å²) < 4.78 is 0. The zero-order chi connectivity index (χ0) is 13.0. The molecule has 0 amide bonds. The van der Waals surface area contributed by atoms with Gasteiger partial charge < -0.3 is 4.98 Å². The molecule has 0 aliphatic carbocycles. The fourth-order valence-electron chi connectivity index (χ4n) is 1.39. The molecule has 2 aromatic rings. The van der Waals surface area contributed by atoms with Crippen molar-refractivity contribution in [3.05, 3.63) is 39.7 Å². The Kier molecular flexibility index (Phi) is 4.33. The lowest BCUT2D eigenvalue weighted by molar-refractivity contribution is 0.814. The van der Waals surface area contributed by atoms with E-state index in [1.807, 2.05) is 6.92 Å². The molecule has 0 saturated heterocycles. The van der Waals surface area contributed by atoms with E-state index in [1.165, 1.54) is 24.0 Å². The van der Waals surface area contributed by atoms with Crippen LogP contribution in [0.4, 0.5) is 0 Å². The Hall–Kier alpha value is -1.40. The summed E-state index contributed by atoms with van der Waals surface area (Å²) in [5.74, 6) is 0. The first-order chi connectivity index (χ1) is 8.67. The van der Waals surface area contributed by atoms with Gasteiger partial charge in [-0.2, -0.15) is 0 Å². The van der Waals surface area contributed by atoms with Gasteiger partial charge in [-0.3, -0.25) is 9.78 Å². The standard InChI is InChI=1S/C11H11ClN4OS/c1-2-3-7-4-9(17)16-11(14-7)18-10-6-13-5-8(12)15-10/h4-6H,2-3H2,1H3,(H,14,16,17). The lowest BCUT2D eigenvalue weighted by Crippen LogP contribution is -2.09. The number of hydrogen-bond acceptors (Lipinski definition) is 5. The molecule has 1 N–H and O–H groups in total. The topological polar surface area (TPSA) is 71.5 Å². The van der Waals surface area contributed by atoms with Crippen LogP contribution in [0.15, 0.2) is 33.4 Å². The number of halogens is 1. The Balaban J connectivity index is 2.26. The highest BCUT2D eigenvalue weighted by Crippen LogP contribution is 2.22. The largest absolute Gasteiger partial charge is 0.301 e. The minimum atomic E-state index is -0.161. The maximum atomic E-state index is 11.5. The minimum Gasteiger partial charge on any atom is -0.301 e. The number of nitrogens with zero attached hydrogens (tertiary/aromatic N) is 3. The number of aryl methyl sites for hydroxylation is 1. The molecule has 7 heteroatoms. The van der Waals surface area contributed by atoms with Gasteiger partial charge in [0.25, 0.3) is 5.56 Å². The van der Waals surface area contributed by atoms with Crippen molar-refractivity contribution in [3.63, 3.8) is 0 Å². The van der Waals surface area contributed by atoms with Gasteiger partial charge in [0.15, 0.2) is 5.16 Å². The molecular formula is C11H11ClN4OS. The monoisotopic (exact) mass is 282 g/mol. The van der Waals surface area contributed by atoms with Crippen molar-refractivity contribution < 1.29 is 0 Å². The predicted octanol–water partition coefficient (Wildman–Crippen LogP) is 2.32. The lowest BCUT2D eigenvalue weighted by atomic mass is 10.2. The van der Waals surface area contributed by atoms with E-state index < -0.39 is 0 Å². The van der Waals surface area contributed by atoms with Crippen LogP contribution in [0.25, 0.3) is 0 Å². The van der Waals surface area contributed by atoms with Gasteiger partial charge in [-0.15, -0.1) is 0 Å². The number of aromatic amines is 1. The second-order valence-corrected chi connectivity index (χ2v) is 4.97. The molecule has 2 heterocycles. The second-order valence-electron chi connectivity index (χ2n) is 3.57. The molecular weight excluding hydrogens is 272 g/mol. The summed E-state index contributed by atoms with van der Waals surface area (Å²) in [6.45, 7) is 2.04. The molecule has 0 saturated carbocycles. The molecule has 94 valence electrons. The van der Waals surface area contributed by atoms with E-state index in [0.717, 1.165) is 18.5 Å². The van der Waals surface area contributed by atoms with Crippen LogP contribution in [0, 0.1) is 0 Å². The molecule has 0 aliphatic rings. The molecule has 0 fully saturated rings. The summed E-state index contributed by atoms with van der Waals surface area (Å²) >= 11 is 6.98. The van der Waals surface area contributed by atoms with Crippen molar-refractivity contribution in [2.45, 2.75) is 29.9 Å². The molecule has 0 bridgehead atoms. The number of rotatable bonds is 4. The summed E-state index contributed by atoms with van der Waals surface area (Å²) in [6, 6.07) is 1.51. The summed E-state index contributed by atoms with van der Waals surface area (Å²) in [7, 11) is 0. The first-order valence-electron chi connectivity index (χ1n) is 5.43. The van der Waals surface area contributed by atoms with Crippen molar-refractivity contribution in [1.82, 2.24) is 19.9 Å². The number of hydrogen-bond donors (Lipinski definition) is 1. The third-order valence-electron chi connectivity index (χ3n) is 2.06. The van der Waals surface area contributed by atoms with Crippen LogP contribution in [0.5, 0.6) is 0 Å². The molecule has 18 heavy (non-hydrogen) atoms. The number of H-pyrrole nitrogens is 1. The van der Waals surface area contributed by atoms with Crippen LogP contribution in [-0.4, -0.2) is 19.9 Å². The van der Waals surface area contributed by atoms with E-state index in [0.29, 0.717) is 15.3 Å². The molecule has 0 radical (unpaired) electrons. The lowest BCUT2D eigenvalue weighted by Gasteiger charge is -2.02. The highest BCUT2D eigenvalue weighted by molar-refractivity contribution is 7.99. The fraction of sp³-hybridized carbons (Fsp3) is 0.273. The van der Waals surface area contributed by atoms with E-state index in [1.54, 1.807) is 6.20 Å². The van der Waals surface area contributed by atoms with Crippen LogP contribution in [0.2, 0.25) is 5.15 Å². The van der Waals surface area contributed by atoms with Gasteiger partial charge in [-0.25, -0.2) is 9.97 Å². The van der Waals surface area contributed by atoms with Crippen molar-refractivity contribution in [1.29, 1.82) is 0 Å². The third-order valence-corrected chi connectivity index (χ3v) is 3.04. The SMILES string of the molecule is CCCc1cc(=O)[nH]c(Sc2cncc(Cl)n2)n1. The third kappa shape index (κ3) is 3.54. The van der Waals surface area contributed by atoms with Crippen molar-refractivity contribution in [2.24, 2.45) is 0 Å². The Morgan fingerprint density at radius 1 is 1.39 bits per heavy atom. The van der Waals surface area contributed by atoms with Crippen LogP contribution >= 0.6 is 23.4 Å². The van der Waals surface area contributed by atoms with Crippen molar-refractivity contribution in [2.75, 3.05) is 0 Å². The Labute approximate surface area is 113 Å². The molecule has 0 spiro atoms. The second kappa shape index (κ2) is 5.97. The van der Waals surface area contributed by atoms with E-state index in [-0.39, 0.29) is 5.56 Å².